The molecule has 3 N–H and O–H groups in total. The number of nitrogens with zero attached hydrogens (tertiary/aromatic N) is 2. The minimum absolute atomic E-state index is 0.0557. The highest BCUT2D eigenvalue weighted by molar-refractivity contribution is 5.84. The summed E-state index contributed by atoms with van der Waals surface area (Å²) in [4.78, 5) is 17.6. The van der Waals surface area contributed by atoms with Gasteiger partial charge in [0, 0.05) is 19.6 Å². The van der Waals surface area contributed by atoms with Crippen LogP contribution in [-0.4, -0.2) is 42.9 Å². The van der Waals surface area contributed by atoms with Crippen LogP contribution in [0.2, 0.25) is 0 Å². The Hall–Kier alpha value is -1.26. The van der Waals surface area contributed by atoms with Crippen LogP contribution in [0.3, 0.4) is 0 Å². The van der Waals surface area contributed by atoms with Gasteiger partial charge < -0.3 is 16.0 Å². The smallest absolute Gasteiger partial charge is 0.241 e. The van der Waals surface area contributed by atoms with Gasteiger partial charge >= 0.3 is 0 Å². The fraction of sp³-hybridized carbons (Fsp3) is 0.833. The number of guanidine groups is 1. The molecular formula is C12H24N4O. The molecule has 0 bridgehead atoms. The number of nitrogens with two attached hydrogens (primary N) is 1. The van der Waals surface area contributed by atoms with Crippen molar-refractivity contribution in [1.82, 2.24) is 10.2 Å². The van der Waals surface area contributed by atoms with Crippen molar-refractivity contribution in [3.8, 4) is 0 Å². The SMILES string of the molecule is CCCNC(=O)CN=C(N)N1CCCC(C)C1. The number of aliphatic imine (C=N–C) groups is 1. The molecule has 0 radical (unpaired) electrons. The van der Waals surface area contributed by atoms with Gasteiger partial charge in [0.25, 0.3) is 0 Å². The molecule has 98 valence electrons. The number of amides is 1. The van der Waals surface area contributed by atoms with Crippen LogP contribution in [0.5, 0.6) is 0 Å². The highest BCUT2D eigenvalue weighted by Crippen LogP contribution is 2.14. The lowest BCUT2D eigenvalue weighted by Gasteiger charge is -2.31. The lowest BCUT2D eigenvalue weighted by molar-refractivity contribution is -0.119. The Labute approximate surface area is 103 Å². The summed E-state index contributed by atoms with van der Waals surface area (Å²) < 4.78 is 0. The highest BCUT2D eigenvalue weighted by Gasteiger charge is 2.17. The summed E-state index contributed by atoms with van der Waals surface area (Å²) in [5.74, 6) is 1.11. The molecule has 1 amide bonds. The summed E-state index contributed by atoms with van der Waals surface area (Å²) in [5.41, 5.74) is 5.88. The zero-order valence-electron chi connectivity index (χ0n) is 10.9. The molecule has 1 rings (SSSR count). The number of piperidine rings is 1. The second kappa shape index (κ2) is 7.14. The molecule has 1 saturated heterocycles. The van der Waals surface area contributed by atoms with E-state index in [4.69, 9.17) is 5.73 Å². The van der Waals surface area contributed by atoms with E-state index in [9.17, 15) is 4.79 Å². The van der Waals surface area contributed by atoms with Gasteiger partial charge in [0.2, 0.25) is 5.91 Å². The number of nitrogens with one attached hydrogen (secondary N) is 1. The Balaban J connectivity index is 2.35. The molecule has 1 aliphatic heterocycles. The van der Waals surface area contributed by atoms with Gasteiger partial charge in [-0.15, -0.1) is 0 Å². The first-order chi connectivity index (χ1) is 8.13. The summed E-state index contributed by atoms with van der Waals surface area (Å²) in [6.07, 6.45) is 3.34. The molecule has 1 fully saturated rings. The molecule has 5 nitrogen and oxygen atoms in total. The van der Waals surface area contributed by atoms with Gasteiger partial charge in [0.05, 0.1) is 0 Å². The molecule has 5 heteroatoms. The predicted octanol–water partition coefficient (Wildman–Crippen LogP) is 0.559. The summed E-state index contributed by atoms with van der Waals surface area (Å²) in [7, 11) is 0. The van der Waals surface area contributed by atoms with Crippen LogP contribution >= 0.6 is 0 Å². The van der Waals surface area contributed by atoms with E-state index in [0.717, 1.165) is 25.9 Å². The standard InChI is InChI=1S/C12H24N4O/c1-3-6-14-11(17)8-15-12(13)16-7-4-5-10(2)9-16/h10H,3-9H2,1-2H3,(H2,13,15)(H,14,17). The Morgan fingerprint density at radius 1 is 1.59 bits per heavy atom. The van der Waals surface area contributed by atoms with Gasteiger partial charge in [-0.05, 0) is 25.2 Å². The van der Waals surface area contributed by atoms with Crippen molar-refractivity contribution in [2.45, 2.75) is 33.1 Å². The average Bonchev–Trinajstić information content (AvgIpc) is 2.33. The molecule has 1 heterocycles. The second-order valence-corrected chi connectivity index (χ2v) is 4.72. The molecular weight excluding hydrogens is 216 g/mol. The predicted molar refractivity (Wildman–Crippen MR) is 69.8 cm³/mol. The van der Waals surface area contributed by atoms with Gasteiger partial charge in [-0.2, -0.15) is 0 Å². The highest BCUT2D eigenvalue weighted by atomic mass is 16.1. The number of carbonyl (C=O) groups excluding carboxylic acids is 1. The van der Waals surface area contributed by atoms with Crippen LogP contribution in [-0.2, 0) is 4.79 Å². The zero-order valence-corrected chi connectivity index (χ0v) is 10.9. The van der Waals surface area contributed by atoms with Crippen molar-refractivity contribution in [1.29, 1.82) is 0 Å². The molecule has 0 spiro atoms. The number of hydrogen-bond donors (Lipinski definition) is 2. The quantitative estimate of drug-likeness (QED) is 0.557. The summed E-state index contributed by atoms with van der Waals surface area (Å²) in [6, 6.07) is 0. The van der Waals surface area contributed by atoms with Gasteiger partial charge in [-0.25, -0.2) is 4.99 Å². The maximum atomic E-state index is 11.4. The van der Waals surface area contributed by atoms with Gasteiger partial charge in [-0.1, -0.05) is 13.8 Å². The number of rotatable bonds is 4. The van der Waals surface area contributed by atoms with E-state index in [1.54, 1.807) is 0 Å². The van der Waals surface area contributed by atoms with Crippen molar-refractivity contribution in [3.05, 3.63) is 0 Å². The molecule has 0 aromatic carbocycles. The van der Waals surface area contributed by atoms with Crippen LogP contribution in [0.4, 0.5) is 0 Å². The Kier molecular flexibility index (Phi) is 5.80. The first-order valence-corrected chi connectivity index (χ1v) is 6.45. The Morgan fingerprint density at radius 3 is 3.00 bits per heavy atom. The number of hydrogen-bond acceptors (Lipinski definition) is 2. The molecule has 1 aliphatic rings. The first kappa shape index (κ1) is 13.8. The molecule has 1 unspecified atom stereocenters. The van der Waals surface area contributed by atoms with E-state index >= 15 is 0 Å². The Morgan fingerprint density at radius 2 is 2.35 bits per heavy atom. The maximum Gasteiger partial charge on any atom is 0.241 e. The van der Waals surface area contributed by atoms with Crippen LogP contribution < -0.4 is 11.1 Å². The van der Waals surface area contributed by atoms with Crippen molar-refractivity contribution >= 4 is 11.9 Å². The molecule has 1 atom stereocenters. The van der Waals surface area contributed by atoms with Crippen molar-refractivity contribution in [3.63, 3.8) is 0 Å². The zero-order chi connectivity index (χ0) is 12.7. The van der Waals surface area contributed by atoms with Crippen molar-refractivity contribution < 1.29 is 4.79 Å². The Bertz CT molecular complexity index is 278. The first-order valence-electron chi connectivity index (χ1n) is 6.45. The van der Waals surface area contributed by atoms with Gasteiger partial charge in [-0.3, -0.25) is 4.79 Å². The maximum absolute atomic E-state index is 11.4. The topological polar surface area (TPSA) is 70.7 Å². The van der Waals surface area contributed by atoms with E-state index in [-0.39, 0.29) is 12.5 Å². The molecule has 0 aliphatic carbocycles. The fourth-order valence-corrected chi connectivity index (χ4v) is 1.97. The largest absolute Gasteiger partial charge is 0.370 e. The van der Waals surface area contributed by atoms with Crippen LogP contribution in [0.1, 0.15) is 33.1 Å². The van der Waals surface area contributed by atoms with E-state index < -0.39 is 0 Å². The lowest BCUT2D eigenvalue weighted by atomic mass is 10.0. The molecule has 17 heavy (non-hydrogen) atoms. The minimum atomic E-state index is -0.0557. The van der Waals surface area contributed by atoms with Crippen LogP contribution in [0.25, 0.3) is 0 Å². The number of carbonyl (C=O) groups is 1. The fourth-order valence-electron chi connectivity index (χ4n) is 1.97. The summed E-state index contributed by atoms with van der Waals surface area (Å²) in [5, 5.41) is 2.78. The van der Waals surface area contributed by atoms with E-state index in [2.05, 4.69) is 22.1 Å². The van der Waals surface area contributed by atoms with E-state index in [0.29, 0.717) is 18.4 Å². The second-order valence-electron chi connectivity index (χ2n) is 4.72. The third-order valence-electron chi connectivity index (χ3n) is 2.94. The average molecular weight is 240 g/mol. The van der Waals surface area contributed by atoms with Crippen LogP contribution in [0.15, 0.2) is 4.99 Å². The van der Waals surface area contributed by atoms with Crippen LogP contribution in [0, 0.1) is 5.92 Å². The van der Waals surface area contributed by atoms with Gasteiger partial charge in [0.15, 0.2) is 5.96 Å². The molecule has 0 saturated carbocycles. The number of likely N-dealkylation sites (tertiary alicyclic amines) is 1. The van der Waals surface area contributed by atoms with E-state index in [1.807, 2.05) is 6.92 Å². The van der Waals surface area contributed by atoms with Crippen molar-refractivity contribution in [2.75, 3.05) is 26.2 Å². The monoisotopic (exact) mass is 240 g/mol. The van der Waals surface area contributed by atoms with Gasteiger partial charge in [0.1, 0.15) is 6.54 Å². The molecule has 0 aromatic rings. The lowest BCUT2D eigenvalue weighted by Crippen LogP contribution is -2.44. The normalized spacial score (nSPS) is 21.4. The third-order valence-corrected chi connectivity index (χ3v) is 2.94. The minimum Gasteiger partial charge on any atom is -0.370 e. The summed E-state index contributed by atoms with van der Waals surface area (Å²) in [6.45, 7) is 6.98. The molecule has 0 aromatic heterocycles. The van der Waals surface area contributed by atoms with E-state index in [1.165, 1.54) is 6.42 Å². The van der Waals surface area contributed by atoms with Crippen molar-refractivity contribution in [2.24, 2.45) is 16.6 Å². The summed E-state index contributed by atoms with van der Waals surface area (Å²) >= 11 is 0. The third kappa shape index (κ3) is 5.06.